The average Bonchev–Trinajstić information content (AvgIpc) is 2.28. The van der Waals surface area contributed by atoms with Crippen molar-refractivity contribution in [1.82, 2.24) is 4.98 Å². The molecule has 1 aromatic heterocycles. The van der Waals surface area contributed by atoms with Crippen LogP contribution in [0.2, 0.25) is 10.2 Å². The summed E-state index contributed by atoms with van der Waals surface area (Å²) in [6.45, 7) is 0.326. The van der Waals surface area contributed by atoms with E-state index in [1.54, 1.807) is 24.4 Å². The average molecular weight is 269 g/mol. The molecule has 0 saturated carbocycles. The smallest absolute Gasteiger partial charge is 0.130 e. The minimum atomic E-state index is 0.326. The lowest BCUT2D eigenvalue weighted by Crippen LogP contribution is -1.97. The molecular weight excluding hydrogens is 259 g/mol. The molecule has 0 atom stereocenters. The maximum absolute atomic E-state index is 6.00. The number of benzene rings is 1. The zero-order valence-corrected chi connectivity index (χ0v) is 10.4. The number of aromatic nitrogens is 1. The van der Waals surface area contributed by atoms with Crippen LogP contribution in [0.1, 0.15) is 5.56 Å². The van der Waals surface area contributed by atoms with Gasteiger partial charge in [0.2, 0.25) is 0 Å². The van der Waals surface area contributed by atoms with Gasteiger partial charge in [-0.05, 0) is 18.2 Å². The maximum Gasteiger partial charge on any atom is 0.130 e. The van der Waals surface area contributed by atoms with E-state index in [4.69, 9.17) is 33.7 Å². The Balaban J connectivity index is 2.07. The standard InChI is InChI=1S/C12H10Cl2N2O/c13-11-5-12(14)16-6-8(11)7-17-10-3-1-2-9(15)4-10/h1-6H,7,15H2. The summed E-state index contributed by atoms with van der Waals surface area (Å²) in [5.74, 6) is 0.691. The molecule has 2 N–H and O–H groups in total. The second-order valence-corrected chi connectivity index (χ2v) is 4.25. The van der Waals surface area contributed by atoms with Gasteiger partial charge in [0.25, 0.3) is 0 Å². The third-order valence-corrected chi connectivity index (χ3v) is 2.71. The number of halogens is 2. The second kappa shape index (κ2) is 5.25. The summed E-state index contributed by atoms with van der Waals surface area (Å²) < 4.78 is 5.55. The van der Waals surface area contributed by atoms with Crippen LogP contribution < -0.4 is 10.5 Å². The molecule has 1 heterocycles. The summed E-state index contributed by atoms with van der Waals surface area (Å²) in [4.78, 5) is 3.95. The van der Waals surface area contributed by atoms with Crippen molar-refractivity contribution in [2.24, 2.45) is 0 Å². The number of anilines is 1. The molecule has 0 spiro atoms. The van der Waals surface area contributed by atoms with E-state index >= 15 is 0 Å². The van der Waals surface area contributed by atoms with Crippen molar-refractivity contribution in [3.8, 4) is 5.75 Å². The number of nitrogen functional groups attached to an aromatic ring is 1. The Kier molecular flexibility index (Phi) is 3.71. The number of nitrogens with two attached hydrogens (primary N) is 1. The van der Waals surface area contributed by atoms with Gasteiger partial charge in [0.1, 0.15) is 17.5 Å². The normalized spacial score (nSPS) is 10.2. The van der Waals surface area contributed by atoms with Crippen molar-refractivity contribution in [1.29, 1.82) is 0 Å². The van der Waals surface area contributed by atoms with Gasteiger partial charge in [-0.25, -0.2) is 4.98 Å². The largest absolute Gasteiger partial charge is 0.489 e. The topological polar surface area (TPSA) is 48.1 Å². The molecule has 0 fully saturated rings. The van der Waals surface area contributed by atoms with Crippen LogP contribution >= 0.6 is 23.2 Å². The first-order valence-corrected chi connectivity index (χ1v) is 5.69. The SMILES string of the molecule is Nc1cccc(OCc2cnc(Cl)cc2Cl)c1. The minimum Gasteiger partial charge on any atom is -0.489 e. The Bertz CT molecular complexity index is 532. The van der Waals surface area contributed by atoms with Gasteiger partial charge >= 0.3 is 0 Å². The summed E-state index contributed by atoms with van der Waals surface area (Å²) in [6, 6.07) is 8.78. The van der Waals surface area contributed by atoms with Gasteiger partial charge in [-0.3, -0.25) is 0 Å². The van der Waals surface area contributed by atoms with E-state index in [9.17, 15) is 0 Å². The van der Waals surface area contributed by atoms with Gasteiger partial charge in [0.05, 0.1) is 5.02 Å². The Morgan fingerprint density at radius 2 is 2.06 bits per heavy atom. The van der Waals surface area contributed by atoms with Gasteiger partial charge in [-0.15, -0.1) is 0 Å². The highest BCUT2D eigenvalue weighted by molar-refractivity contribution is 6.34. The lowest BCUT2D eigenvalue weighted by atomic mass is 10.3. The number of rotatable bonds is 3. The van der Waals surface area contributed by atoms with Crippen molar-refractivity contribution in [2.45, 2.75) is 6.61 Å². The number of hydrogen-bond acceptors (Lipinski definition) is 3. The number of nitrogens with zero attached hydrogens (tertiary/aromatic N) is 1. The fourth-order valence-electron chi connectivity index (χ4n) is 1.31. The zero-order chi connectivity index (χ0) is 12.3. The molecule has 0 saturated heterocycles. The molecule has 0 unspecified atom stereocenters. The summed E-state index contributed by atoms with van der Waals surface area (Å²) in [6.07, 6.45) is 1.59. The number of pyridine rings is 1. The first-order chi connectivity index (χ1) is 8.15. The van der Waals surface area contributed by atoms with Gasteiger partial charge in [0, 0.05) is 23.5 Å². The quantitative estimate of drug-likeness (QED) is 0.684. The summed E-state index contributed by atoms with van der Waals surface area (Å²) >= 11 is 11.7. The molecule has 88 valence electrons. The Hall–Kier alpha value is -1.45. The molecule has 0 aliphatic carbocycles. The van der Waals surface area contributed by atoms with Crippen LogP contribution in [0.5, 0.6) is 5.75 Å². The molecule has 5 heteroatoms. The van der Waals surface area contributed by atoms with Crippen LogP contribution in [0.3, 0.4) is 0 Å². The highest BCUT2D eigenvalue weighted by Crippen LogP contribution is 2.21. The van der Waals surface area contributed by atoms with E-state index in [2.05, 4.69) is 4.98 Å². The molecule has 17 heavy (non-hydrogen) atoms. The van der Waals surface area contributed by atoms with Crippen molar-refractivity contribution >= 4 is 28.9 Å². The highest BCUT2D eigenvalue weighted by atomic mass is 35.5. The van der Waals surface area contributed by atoms with E-state index in [-0.39, 0.29) is 0 Å². The lowest BCUT2D eigenvalue weighted by molar-refractivity contribution is 0.306. The van der Waals surface area contributed by atoms with Crippen molar-refractivity contribution in [2.75, 3.05) is 5.73 Å². The number of ether oxygens (including phenoxy) is 1. The van der Waals surface area contributed by atoms with Crippen LogP contribution in [0.15, 0.2) is 36.5 Å². The van der Waals surface area contributed by atoms with E-state index in [1.165, 1.54) is 0 Å². The van der Waals surface area contributed by atoms with Gasteiger partial charge < -0.3 is 10.5 Å². The Morgan fingerprint density at radius 1 is 1.24 bits per heavy atom. The highest BCUT2D eigenvalue weighted by Gasteiger charge is 2.03. The minimum absolute atomic E-state index is 0.326. The second-order valence-electron chi connectivity index (χ2n) is 3.46. The zero-order valence-electron chi connectivity index (χ0n) is 8.86. The Labute approximate surface area is 109 Å². The Morgan fingerprint density at radius 3 is 2.76 bits per heavy atom. The molecule has 0 aliphatic heterocycles. The summed E-state index contributed by atoms with van der Waals surface area (Å²) in [5.41, 5.74) is 7.07. The molecule has 0 amide bonds. The van der Waals surface area contributed by atoms with Crippen LogP contribution in [0.4, 0.5) is 5.69 Å². The van der Waals surface area contributed by atoms with E-state index in [0.717, 1.165) is 5.56 Å². The van der Waals surface area contributed by atoms with E-state index < -0.39 is 0 Å². The van der Waals surface area contributed by atoms with Crippen LogP contribution in [0, 0.1) is 0 Å². The van der Waals surface area contributed by atoms with Crippen LogP contribution in [-0.2, 0) is 6.61 Å². The van der Waals surface area contributed by atoms with Gasteiger partial charge in [-0.2, -0.15) is 0 Å². The maximum atomic E-state index is 6.00. The third-order valence-electron chi connectivity index (χ3n) is 2.15. The lowest BCUT2D eigenvalue weighted by Gasteiger charge is -2.08. The van der Waals surface area contributed by atoms with E-state index in [0.29, 0.717) is 28.2 Å². The molecule has 1 aromatic carbocycles. The molecule has 0 aliphatic rings. The molecule has 3 nitrogen and oxygen atoms in total. The third kappa shape index (κ3) is 3.25. The summed E-state index contributed by atoms with van der Waals surface area (Å²) in [7, 11) is 0. The molecular formula is C12H10Cl2N2O. The van der Waals surface area contributed by atoms with Gasteiger partial charge in [-0.1, -0.05) is 29.3 Å². The van der Waals surface area contributed by atoms with Crippen LogP contribution in [0.25, 0.3) is 0 Å². The first-order valence-electron chi connectivity index (χ1n) is 4.93. The monoisotopic (exact) mass is 268 g/mol. The summed E-state index contributed by atoms with van der Waals surface area (Å²) in [5, 5.41) is 0.900. The molecule has 2 rings (SSSR count). The fourth-order valence-corrected chi connectivity index (χ4v) is 1.73. The molecule has 0 bridgehead atoms. The predicted molar refractivity (Wildman–Crippen MR) is 69.4 cm³/mol. The molecule has 0 radical (unpaired) electrons. The van der Waals surface area contributed by atoms with Crippen molar-refractivity contribution in [3.63, 3.8) is 0 Å². The first kappa shape index (κ1) is 12.0. The fraction of sp³-hybridized carbons (Fsp3) is 0.0833. The van der Waals surface area contributed by atoms with Crippen molar-refractivity contribution < 1.29 is 4.74 Å². The van der Waals surface area contributed by atoms with Crippen molar-refractivity contribution in [3.05, 3.63) is 52.3 Å². The van der Waals surface area contributed by atoms with Crippen LogP contribution in [-0.4, -0.2) is 4.98 Å². The number of hydrogen-bond donors (Lipinski definition) is 1. The van der Waals surface area contributed by atoms with E-state index in [1.807, 2.05) is 12.1 Å². The van der Waals surface area contributed by atoms with Gasteiger partial charge in [0.15, 0.2) is 0 Å². The molecule has 2 aromatic rings. The predicted octanol–water partition coefficient (Wildman–Crippen LogP) is 3.55.